The van der Waals surface area contributed by atoms with Crippen molar-refractivity contribution in [2.24, 2.45) is 0 Å². The van der Waals surface area contributed by atoms with E-state index in [2.05, 4.69) is 6.58 Å². The Labute approximate surface area is 126 Å². The van der Waals surface area contributed by atoms with Crippen molar-refractivity contribution < 1.29 is 22.8 Å². The second kappa shape index (κ2) is 9.25. The molecule has 0 aromatic heterocycles. The third-order valence-corrected chi connectivity index (χ3v) is 4.97. The molecule has 114 valence electrons. The van der Waals surface area contributed by atoms with E-state index in [1.54, 1.807) is 5.70 Å². The zero-order valence-electron chi connectivity index (χ0n) is 12.3. The number of hydrogen-bond acceptors (Lipinski definition) is 5. The van der Waals surface area contributed by atoms with Crippen LogP contribution in [0.2, 0.25) is 0 Å². The Balaban J connectivity index is 2.59. The summed E-state index contributed by atoms with van der Waals surface area (Å²) in [6.45, 7) is 3.62. The van der Waals surface area contributed by atoms with Crippen LogP contribution in [-0.4, -0.2) is 42.2 Å². The quantitative estimate of drug-likeness (QED) is 0.303. The van der Waals surface area contributed by atoms with Gasteiger partial charge in [0, 0.05) is 20.3 Å². The lowest BCUT2D eigenvalue weighted by atomic mass is 10.2. The molecule has 1 rings (SSSR count). The zero-order chi connectivity index (χ0) is 15.6. The Morgan fingerprint density at radius 3 is 2.43 bits per heavy atom. The highest BCUT2D eigenvalue weighted by molar-refractivity contribution is 6.66. The summed E-state index contributed by atoms with van der Waals surface area (Å²) in [7, 11) is 0.151. The SMILES string of the molecule is C=CC(=O)OCCO[Si](C=Cc1ccccc1)(OC)OC. The van der Waals surface area contributed by atoms with E-state index >= 15 is 0 Å². The van der Waals surface area contributed by atoms with E-state index in [0.717, 1.165) is 11.6 Å². The molecule has 0 amide bonds. The van der Waals surface area contributed by atoms with E-state index in [9.17, 15) is 4.79 Å². The van der Waals surface area contributed by atoms with Crippen LogP contribution in [0, 0.1) is 0 Å². The van der Waals surface area contributed by atoms with Crippen LogP contribution in [0.4, 0.5) is 0 Å². The Morgan fingerprint density at radius 2 is 1.86 bits per heavy atom. The van der Waals surface area contributed by atoms with Crippen LogP contribution in [-0.2, 0) is 22.8 Å². The third-order valence-electron chi connectivity index (χ3n) is 2.65. The van der Waals surface area contributed by atoms with E-state index in [-0.39, 0.29) is 13.2 Å². The van der Waals surface area contributed by atoms with Gasteiger partial charge in [0.2, 0.25) is 0 Å². The van der Waals surface area contributed by atoms with Crippen molar-refractivity contribution in [2.45, 2.75) is 0 Å². The molecule has 0 unspecified atom stereocenters. The number of ether oxygens (including phenoxy) is 1. The molecule has 0 aliphatic rings. The highest BCUT2D eigenvalue weighted by atomic mass is 28.4. The smallest absolute Gasteiger partial charge is 0.460 e. The lowest BCUT2D eigenvalue weighted by Crippen LogP contribution is -2.43. The lowest BCUT2D eigenvalue weighted by Gasteiger charge is -2.22. The summed E-state index contributed by atoms with van der Waals surface area (Å²) in [6, 6.07) is 9.76. The van der Waals surface area contributed by atoms with Crippen molar-refractivity contribution in [1.82, 2.24) is 0 Å². The van der Waals surface area contributed by atoms with Gasteiger partial charge >= 0.3 is 14.8 Å². The molecule has 21 heavy (non-hydrogen) atoms. The molecule has 0 saturated carbocycles. The topological polar surface area (TPSA) is 54.0 Å². The Kier molecular flexibility index (Phi) is 7.63. The number of rotatable bonds is 9. The third kappa shape index (κ3) is 6.05. The van der Waals surface area contributed by atoms with Gasteiger partial charge in [0.05, 0.1) is 6.61 Å². The number of esters is 1. The first-order valence-electron chi connectivity index (χ1n) is 6.43. The molecule has 0 saturated heterocycles. The Hall–Kier alpha value is -1.73. The van der Waals surface area contributed by atoms with E-state index < -0.39 is 14.8 Å². The number of hydrogen-bond donors (Lipinski definition) is 0. The summed E-state index contributed by atoms with van der Waals surface area (Å²) in [5.41, 5.74) is 2.81. The van der Waals surface area contributed by atoms with Crippen LogP contribution in [0.3, 0.4) is 0 Å². The van der Waals surface area contributed by atoms with Crippen LogP contribution >= 0.6 is 0 Å². The summed E-state index contributed by atoms with van der Waals surface area (Å²) in [4.78, 5) is 10.9. The number of carbonyl (C=O) groups is 1. The maximum absolute atomic E-state index is 10.9. The van der Waals surface area contributed by atoms with Crippen LogP contribution in [0.5, 0.6) is 0 Å². The second-order valence-corrected chi connectivity index (χ2v) is 6.62. The molecule has 1 aromatic rings. The summed E-state index contributed by atoms with van der Waals surface area (Å²) in [5.74, 6) is -0.486. The van der Waals surface area contributed by atoms with Crippen molar-refractivity contribution >= 4 is 20.8 Å². The zero-order valence-corrected chi connectivity index (χ0v) is 13.3. The van der Waals surface area contributed by atoms with Gasteiger partial charge in [0.15, 0.2) is 0 Å². The summed E-state index contributed by atoms with van der Waals surface area (Å²) < 4.78 is 21.3. The van der Waals surface area contributed by atoms with Crippen molar-refractivity contribution in [1.29, 1.82) is 0 Å². The first kappa shape index (κ1) is 17.3. The standard InChI is InChI=1S/C15H20O5Si/c1-4-15(16)19-11-12-20-21(17-2,18-3)13-10-14-8-6-5-7-9-14/h4-10,13H,1,11-12H2,2-3H3. The minimum atomic E-state index is -2.91. The van der Waals surface area contributed by atoms with E-state index in [1.807, 2.05) is 36.4 Å². The van der Waals surface area contributed by atoms with Crippen molar-refractivity contribution in [3.05, 3.63) is 54.2 Å². The van der Waals surface area contributed by atoms with Crippen LogP contribution in [0.15, 0.2) is 48.7 Å². The average molecular weight is 308 g/mol. The average Bonchev–Trinajstić information content (AvgIpc) is 2.55. The molecule has 0 heterocycles. The molecular weight excluding hydrogens is 288 g/mol. The minimum Gasteiger partial charge on any atom is -0.460 e. The maximum Gasteiger partial charge on any atom is 0.529 e. The highest BCUT2D eigenvalue weighted by Gasteiger charge is 2.36. The van der Waals surface area contributed by atoms with Crippen molar-refractivity contribution in [2.75, 3.05) is 27.4 Å². The molecule has 1 aromatic carbocycles. The second-order valence-electron chi connectivity index (χ2n) is 3.98. The van der Waals surface area contributed by atoms with Gasteiger partial charge in [0.25, 0.3) is 0 Å². The summed E-state index contributed by atoms with van der Waals surface area (Å²) >= 11 is 0. The fourth-order valence-corrected chi connectivity index (χ4v) is 3.07. The molecule has 0 aliphatic heterocycles. The fraction of sp³-hybridized carbons (Fsp3) is 0.267. The summed E-state index contributed by atoms with van der Waals surface area (Å²) in [6.07, 6.45) is 2.99. The van der Waals surface area contributed by atoms with Gasteiger partial charge in [-0.05, 0) is 11.3 Å². The molecule has 0 atom stereocenters. The molecule has 0 bridgehead atoms. The van der Waals surface area contributed by atoms with Gasteiger partial charge in [-0.15, -0.1) is 0 Å². The Bertz CT molecular complexity index is 468. The van der Waals surface area contributed by atoms with Crippen molar-refractivity contribution in [3.8, 4) is 0 Å². The van der Waals surface area contributed by atoms with Crippen LogP contribution in [0.25, 0.3) is 6.08 Å². The van der Waals surface area contributed by atoms with Gasteiger partial charge in [-0.2, -0.15) is 0 Å². The normalized spacial score (nSPS) is 11.5. The number of benzene rings is 1. The molecular formula is C15H20O5Si. The Morgan fingerprint density at radius 1 is 1.19 bits per heavy atom. The maximum atomic E-state index is 10.9. The predicted molar refractivity (Wildman–Crippen MR) is 82.4 cm³/mol. The van der Waals surface area contributed by atoms with Crippen LogP contribution < -0.4 is 0 Å². The van der Waals surface area contributed by atoms with E-state index in [1.165, 1.54) is 14.2 Å². The van der Waals surface area contributed by atoms with Gasteiger partial charge in [-0.3, -0.25) is 0 Å². The van der Waals surface area contributed by atoms with Gasteiger partial charge < -0.3 is 18.0 Å². The van der Waals surface area contributed by atoms with Gasteiger partial charge in [-0.1, -0.05) is 43.0 Å². The minimum absolute atomic E-state index is 0.117. The molecule has 0 fully saturated rings. The lowest BCUT2D eigenvalue weighted by molar-refractivity contribution is -0.138. The van der Waals surface area contributed by atoms with E-state index in [0.29, 0.717) is 0 Å². The highest BCUT2D eigenvalue weighted by Crippen LogP contribution is 2.12. The molecule has 6 heteroatoms. The van der Waals surface area contributed by atoms with Crippen molar-refractivity contribution in [3.63, 3.8) is 0 Å². The molecule has 0 N–H and O–H groups in total. The largest absolute Gasteiger partial charge is 0.529 e. The monoisotopic (exact) mass is 308 g/mol. The van der Waals surface area contributed by atoms with E-state index in [4.69, 9.17) is 18.0 Å². The molecule has 5 nitrogen and oxygen atoms in total. The molecule has 0 aliphatic carbocycles. The fourth-order valence-electron chi connectivity index (χ4n) is 1.53. The predicted octanol–water partition coefficient (Wildman–Crippen LogP) is 2.22. The molecule has 0 radical (unpaired) electrons. The first-order valence-corrected chi connectivity index (χ1v) is 8.23. The number of carbonyl (C=O) groups excluding carboxylic acids is 1. The summed E-state index contributed by atoms with van der Waals surface area (Å²) in [5, 5.41) is 0. The molecule has 0 spiro atoms. The van der Waals surface area contributed by atoms with Gasteiger partial charge in [0.1, 0.15) is 6.61 Å². The van der Waals surface area contributed by atoms with Crippen LogP contribution in [0.1, 0.15) is 5.56 Å². The van der Waals surface area contributed by atoms with Gasteiger partial charge in [-0.25, -0.2) is 4.79 Å². The first-order chi connectivity index (χ1) is 10.2.